The summed E-state index contributed by atoms with van der Waals surface area (Å²) in [6.45, 7) is 4.12. The van der Waals surface area contributed by atoms with Gasteiger partial charge in [0.05, 0.1) is 17.1 Å². The summed E-state index contributed by atoms with van der Waals surface area (Å²) in [6, 6.07) is 7.64. The Balaban J connectivity index is 1.71. The molecular weight excluding hydrogens is 330 g/mol. The van der Waals surface area contributed by atoms with Crippen LogP contribution in [-0.2, 0) is 9.59 Å². The second-order valence-corrected chi connectivity index (χ2v) is 7.39. The molecule has 1 N–H and O–H groups in total. The van der Waals surface area contributed by atoms with E-state index in [1.165, 1.54) is 28.0 Å². The number of nitrogens with one attached hydrogen (secondary N) is 1. The van der Waals surface area contributed by atoms with E-state index in [-0.39, 0.29) is 18.4 Å². The number of thiazole rings is 1. The molecule has 2 aromatic rings. The van der Waals surface area contributed by atoms with Gasteiger partial charge in [0.1, 0.15) is 6.54 Å². The SMILES string of the molecule is CC(C)c1csc(NC(=O)CN2C(=O)CSc3ccccc32)n1. The van der Waals surface area contributed by atoms with E-state index in [4.69, 9.17) is 0 Å². The van der Waals surface area contributed by atoms with Gasteiger partial charge >= 0.3 is 0 Å². The van der Waals surface area contributed by atoms with Crippen molar-refractivity contribution in [3.63, 3.8) is 0 Å². The zero-order valence-corrected chi connectivity index (χ0v) is 14.5. The smallest absolute Gasteiger partial charge is 0.246 e. The first-order valence-electron chi connectivity index (χ1n) is 7.32. The molecule has 2 heterocycles. The topological polar surface area (TPSA) is 62.3 Å². The summed E-state index contributed by atoms with van der Waals surface area (Å²) in [4.78, 5) is 31.4. The fourth-order valence-electron chi connectivity index (χ4n) is 2.24. The second-order valence-electron chi connectivity index (χ2n) is 5.52. The minimum atomic E-state index is -0.232. The van der Waals surface area contributed by atoms with Crippen LogP contribution in [0.25, 0.3) is 0 Å². The molecule has 0 unspecified atom stereocenters. The van der Waals surface area contributed by atoms with Crippen molar-refractivity contribution in [3.05, 3.63) is 35.3 Å². The number of anilines is 2. The predicted molar refractivity (Wildman–Crippen MR) is 94.4 cm³/mol. The number of amides is 2. The van der Waals surface area contributed by atoms with Gasteiger partial charge < -0.3 is 10.2 Å². The molecule has 3 rings (SSSR count). The third-order valence-corrected chi connectivity index (χ3v) is 5.29. The highest BCUT2D eigenvalue weighted by molar-refractivity contribution is 8.00. The van der Waals surface area contributed by atoms with Crippen molar-refractivity contribution in [1.82, 2.24) is 4.98 Å². The van der Waals surface area contributed by atoms with Gasteiger partial charge in [-0.1, -0.05) is 26.0 Å². The average molecular weight is 347 g/mol. The normalized spacial score (nSPS) is 14.0. The van der Waals surface area contributed by atoms with Crippen molar-refractivity contribution in [3.8, 4) is 0 Å². The average Bonchev–Trinajstić information content (AvgIpc) is 2.99. The van der Waals surface area contributed by atoms with Crippen LogP contribution in [0.3, 0.4) is 0 Å². The summed E-state index contributed by atoms with van der Waals surface area (Å²) < 4.78 is 0. The van der Waals surface area contributed by atoms with E-state index in [2.05, 4.69) is 24.1 Å². The number of para-hydroxylation sites is 1. The Labute approximate surface area is 143 Å². The zero-order chi connectivity index (χ0) is 16.4. The number of aromatic nitrogens is 1. The van der Waals surface area contributed by atoms with Crippen molar-refractivity contribution < 1.29 is 9.59 Å². The first kappa shape index (κ1) is 16.0. The Morgan fingerprint density at radius 2 is 2.17 bits per heavy atom. The first-order valence-corrected chi connectivity index (χ1v) is 9.18. The van der Waals surface area contributed by atoms with Gasteiger partial charge in [0.2, 0.25) is 11.8 Å². The highest BCUT2D eigenvalue weighted by atomic mass is 32.2. The summed E-state index contributed by atoms with van der Waals surface area (Å²) in [7, 11) is 0. The van der Waals surface area contributed by atoms with Gasteiger partial charge in [-0.15, -0.1) is 23.1 Å². The van der Waals surface area contributed by atoms with Gasteiger partial charge in [-0.25, -0.2) is 4.98 Å². The van der Waals surface area contributed by atoms with E-state index in [9.17, 15) is 9.59 Å². The maximum atomic E-state index is 12.3. The summed E-state index contributed by atoms with van der Waals surface area (Å²) in [5, 5.41) is 5.30. The molecule has 1 aromatic carbocycles. The number of hydrogen-bond acceptors (Lipinski definition) is 5. The van der Waals surface area contributed by atoms with Crippen molar-refractivity contribution in [1.29, 1.82) is 0 Å². The summed E-state index contributed by atoms with van der Waals surface area (Å²) >= 11 is 2.91. The monoisotopic (exact) mass is 347 g/mol. The van der Waals surface area contributed by atoms with Crippen LogP contribution in [0.5, 0.6) is 0 Å². The lowest BCUT2D eigenvalue weighted by Crippen LogP contribution is -2.41. The number of rotatable bonds is 4. The molecule has 0 aliphatic carbocycles. The highest BCUT2D eigenvalue weighted by Gasteiger charge is 2.26. The molecule has 5 nitrogen and oxygen atoms in total. The van der Waals surface area contributed by atoms with Crippen LogP contribution in [0.4, 0.5) is 10.8 Å². The molecule has 120 valence electrons. The van der Waals surface area contributed by atoms with E-state index in [0.717, 1.165) is 16.3 Å². The van der Waals surface area contributed by atoms with Gasteiger partial charge in [0, 0.05) is 10.3 Å². The molecule has 0 spiro atoms. The Morgan fingerprint density at radius 1 is 1.39 bits per heavy atom. The van der Waals surface area contributed by atoms with Gasteiger partial charge in [-0.05, 0) is 18.1 Å². The van der Waals surface area contributed by atoms with E-state index < -0.39 is 0 Å². The molecule has 1 aliphatic rings. The number of benzene rings is 1. The molecule has 0 saturated heterocycles. The number of hydrogen-bond donors (Lipinski definition) is 1. The van der Waals surface area contributed by atoms with Crippen LogP contribution in [0.15, 0.2) is 34.5 Å². The fourth-order valence-corrected chi connectivity index (χ4v) is 4.06. The summed E-state index contributed by atoms with van der Waals surface area (Å²) in [6.07, 6.45) is 0. The maximum absolute atomic E-state index is 12.3. The number of carbonyl (C=O) groups excluding carboxylic acids is 2. The third-order valence-electron chi connectivity index (χ3n) is 3.47. The molecule has 0 fully saturated rings. The molecule has 0 radical (unpaired) electrons. The molecule has 2 amide bonds. The quantitative estimate of drug-likeness (QED) is 0.921. The van der Waals surface area contributed by atoms with Gasteiger partial charge in [0.25, 0.3) is 0 Å². The van der Waals surface area contributed by atoms with Crippen LogP contribution >= 0.6 is 23.1 Å². The standard InChI is InChI=1S/C16H17N3O2S2/c1-10(2)11-8-23-16(17-11)18-14(20)7-19-12-5-3-4-6-13(12)22-9-15(19)21/h3-6,8,10H,7,9H2,1-2H3,(H,17,18,20). The largest absolute Gasteiger partial charge is 0.301 e. The lowest BCUT2D eigenvalue weighted by atomic mass is 10.2. The van der Waals surface area contributed by atoms with E-state index in [1.54, 1.807) is 0 Å². The van der Waals surface area contributed by atoms with Crippen molar-refractivity contribution in [2.45, 2.75) is 24.7 Å². The number of nitrogens with zero attached hydrogens (tertiary/aromatic N) is 2. The third kappa shape index (κ3) is 3.56. The first-order chi connectivity index (χ1) is 11.0. The molecule has 7 heteroatoms. The lowest BCUT2D eigenvalue weighted by Gasteiger charge is -2.28. The molecule has 0 atom stereocenters. The minimum absolute atomic E-state index is 0.00694. The highest BCUT2D eigenvalue weighted by Crippen LogP contribution is 2.34. The number of thioether (sulfide) groups is 1. The Morgan fingerprint density at radius 3 is 2.91 bits per heavy atom. The predicted octanol–water partition coefficient (Wildman–Crippen LogP) is 3.34. The fraction of sp³-hybridized carbons (Fsp3) is 0.312. The minimum Gasteiger partial charge on any atom is -0.301 e. The van der Waals surface area contributed by atoms with Crippen molar-refractivity contribution >= 4 is 45.7 Å². The maximum Gasteiger partial charge on any atom is 0.246 e. The summed E-state index contributed by atoms with van der Waals surface area (Å²) in [5.41, 5.74) is 1.76. The molecule has 23 heavy (non-hydrogen) atoms. The molecule has 1 aromatic heterocycles. The number of carbonyl (C=O) groups is 2. The van der Waals surface area contributed by atoms with Gasteiger partial charge in [0.15, 0.2) is 5.13 Å². The van der Waals surface area contributed by atoms with Crippen LogP contribution < -0.4 is 10.2 Å². The van der Waals surface area contributed by atoms with Crippen LogP contribution in [0.1, 0.15) is 25.5 Å². The number of fused-ring (bicyclic) bond motifs is 1. The Kier molecular flexibility index (Phi) is 4.68. The van der Waals surface area contributed by atoms with Crippen molar-refractivity contribution in [2.24, 2.45) is 0 Å². The van der Waals surface area contributed by atoms with Gasteiger partial charge in [-0.2, -0.15) is 0 Å². The second kappa shape index (κ2) is 6.72. The Hall–Kier alpha value is -1.86. The van der Waals surface area contributed by atoms with Crippen LogP contribution in [0.2, 0.25) is 0 Å². The van der Waals surface area contributed by atoms with Crippen LogP contribution in [0, 0.1) is 0 Å². The molecule has 0 saturated carbocycles. The molecular formula is C16H17N3O2S2. The lowest BCUT2D eigenvalue weighted by molar-refractivity contribution is -0.120. The van der Waals surface area contributed by atoms with E-state index in [0.29, 0.717) is 16.8 Å². The van der Waals surface area contributed by atoms with Crippen molar-refractivity contribution in [2.75, 3.05) is 22.5 Å². The zero-order valence-electron chi connectivity index (χ0n) is 12.9. The Bertz CT molecular complexity index is 742. The molecule has 1 aliphatic heterocycles. The van der Waals surface area contributed by atoms with Gasteiger partial charge in [-0.3, -0.25) is 9.59 Å². The van der Waals surface area contributed by atoms with E-state index >= 15 is 0 Å². The van der Waals surface area contributed by atoms with Crippen LogP contribution in [-0.4, -0.2) is 29.1 Å². The summed E-state index contributed by atoms with van der Waals surface area (Å²) in [5.74, 6) is 0.402. The van der Waals surface area contributed by atoms with E-state index in [1.807, 2.05) is 29.6 Å². The molecule has 0 bridgehead atoms.